The van der Waals surface area contributed by atoms with E-state index in [4.69, 9.17) is 11.6 Å². The molecule has 0 fully saturated rings. The highest BCUT2D eigenvalue weighted by molar-refractivity contribution is 6.29. The lowest BCUT2D eigenvalue weighted by molar-refractivity contribution is 0.102. The van der Waals surface area contributed by atoms with Gasteiger partial charge in [0.2, 0.25) is 0 Å². The lowest BCUT2D eigenvalue weighted by Gasteiger charge is -2.18. The average molecular weight is 307 g/mol. The van der Waals surface area contributed by atoms with E-state index < -0.39 is 0 Å². The maximum atomic E-state index is 12.4. The zero-order valence-electron chi connectivity index (χ0n) is 12.8. The highest BCUT2D eigenvalue weighted by atomic mass is 35.5. The first-order valence-corrected chi connectivity index (χ1v) is 7.07. The molecule has 21 heavy (non-hydrogen) atoms. The first kappa shape index (κ1) is 15.5. The summed E-state index contributed by atoms with van der Waals surface area (Å²) in [4.78, 5) is 16.7. The number of carbonyl (C=O) groups excluding carboxylic acids is 1. The molecule has 0 aromatic carbocycles. The van der Waals surface area contributed by atoms with E-state index in [0.717, 1.165) is 17.1 Å². The van der Waals surface area contributed by atoms with Crippen molar-refractivity contribution >= 4 is 23.2 Å². The summed E-state index contributed by atoms with van der Waals surface area (Å²) in [5.74, 6) is -0.225. The van der Waals surface area contributed by atoms with Crippen LogP contribution >= 0.6 is 11.6 Å². The van der Waals surface area contributed by atoms with E-state index in [0.29, 0.717) is 16.4 Å². The predicted octanol–water partition coefficient (Wildman–Crippen LogP) is 3.62. The van der Waals surface area contributed by atoms with E-state index in [9.17, 15) is 4.79 Å². The largest absolute Gasteiger partial charge is 0.319 e. The third kappa shape index (κ3) is 3.42. The molecule has 0 aliphatic carbocycles. The Morgan fingerprint density at radius 2 is 1.95 bits per heavy atom. The van der Waals surface area contributed by atoms with Gasteiger partial charge in [-0.15, -0.1) is 0 Å². The molecular weight excluding hydrogens is 288 g/mol. The van der Waals surface area contributed by atoms with Crippen molar-refractivity contribution in [2.24, 2.45) is 0 Å². The Bertz CT molecular complexity index is 666. The molecule has 2 rings (SSSR count). The normalized spacial score (nSPS) is 11.5. The van der Waals surface area contributed by atoms with Gasteiger partial charge >= 0.3 is 0 Å². The van der Waals surface area contributed by atoms with Gasteiger partial charge in [-0.3, -0.25) is 9.89 Å². The molecule has 0 aliphatic heterocycles. The molecule has 1 amide bonds. The Morgan fingerprint density at radius 1 is 1.29 bits per heavy atom. The number of pyridine rings is 1. The average Bonchev–Trinajstić information content (AvgIpc) is 2.68. The van der Waals surface area contributed by atoms with E-state index in [-0.39, 0.29) is 11.3 Å². The quantitative estimate of drug-likeness (QED) is 0.832. The molecular formula is C15H19ClN4O. The number of rotatable bonds is 2. The van der Waals surface area contributed by atoms with Crippen molar-refractivity contribution < 1.29 is 4.79 Å². The molecule has 0 unspecified atom stereocenters. The Hall–Kier alpha value is -1.88. The fourth-order valence-corrected chi connectivity index (χ4v) is 2.14. The van der Waals surface area contributed by atoms with Crippen LogP contribution in [0.3, 0.4) is 0 Å². The molecule has 5 nitrogen and oxygen atoms in total. The zero-order valence-corrected chi connectivity index (χ0v) is 13.6. The predicted molar refractivity (Wildman–Crippen MR) is 84.0 cm³/mol. The van der Waals surface area contributed by atoms with E-state index in [1.165, 1.54) is 0 Å². The highest BCUT2D eigenvalue weighted by Crippen LogP contribution is 2.24. The van der Waals surface area contributed by atoms with Crippen molar-refractivity contribution in [2.75, 3.05) is 5.32 Å². The van der Waals surface area contributed by atoms with Crippen LogP contribution in [0.1, 0.15) is 48.2 Å². The van der Waals surface area contributed by atoms with Gasteiger partial charge in [0.1, 0.15) is 5.15 Å². The van der Waals surface area contributed by atoms with Crippen molar-refractivity contribution in [2.45, 2.75) is 40.0 Å². The van der Waals surface area contributed by atoms with Gasteiger partial charge in [0.15, 0.2) is 0 Å². The van der Waals surface area contributed by atoms with Crippen LogP contribution in [-0.2, 0) is 5.41 Å². The van der Waals surface area contributed by atoms with E-state index >= 15 is 0 Å². The van der Waals surface area contributed by atoms with Gasteiger partial charge in [0, 0.05) is 16.7 Å². The summed E-state index contributed by atoms with van der Waals surface area (Å²) in [5.41, 5.74) is 3.35. The molecule has 2 aromatic heterocycles. The number of aryl methyl sites for hydroxylation is 2. The van der Waals surface area contributed by atoms with Gasteiger partial charge < -0.3 is 5.32 Å². The Balaban J connectivity index is 2.34. The van der Waals surface area contributed by atoms with Crippen molar-refractivity contribution in [3.05, 3.63) is 39.9 Å². The summed E-state index contributed by atoms with van der Waals surface area (Å²) >= 11 is 6.03. The molecule has 2 aromatic rings. The number of anilines is 1. The van der Waals surface area contributed by atoms with Crippen molar-refractivity contribution in [1.82, 2.24) is 15.2 Å². The number of aromatic nitrogens is 3. The number of halogens is 1. The minimum absolute atomic E-state index is 0.179. The number of nitrogens with zero attached hydrogens (tertiary/aromatic N) is 2. The second kappa shape index (κ2) is 5.48. The van der Waals surface area contributed by atoms with Crippen molar-refractivity contribution in [3.63, 3.8) is 0 Å². The van der Waals surface area contributed by atoms with E-state index in [2.05, 4.69) is 20.5 Å². The van der Waals surface area contributed by atoms with Crippen LogP contribution in [0, 0.1) is 13.8 Å². The molecule has 2 heterocycles. The topological polar surface area (TPSA) is 70.7 Å². The first-order valence-electron chi connectivity index (χ1n) is 6.69. The van der Waals surface area contributed by atoms with Crippen LogP contribution in [0.25, 0.3) is 0 Å². The molecule has 0 saturated heterocycles. The summed E-state index contributed by atoms with van der Waals surface area (Å²) in [6, 6.07) is 3.34. The third-order valence-electron chi connectivity index (χ3n) is 3.19. The smallest absolute Gasteiger partial charge is 0.255 e. The van der Waals surface area contributed by atoms with E-state index in [1.807, 2.05) is 34.6 Å². The van der Waals surface area contributed by atoms with E-state index in [1.54, 1.807) is 12.1 Å². The number of aromatic amines is 1. The van der Waals surface area contributed by atoms with Gasteiger partial charge in [-0.05, 0) is 26.0 Å². The molecule has 0 atom stereocenters. The Kier molecular flexibility index (Phi) is 4.05. The number of H-pyrrole nitrogens is 1. The zero-order chi connectivity index (χ0) is 15.8. The van der Waals surface area contributed by atoms with Crippen molar-refractivity contribution in [1.29, 1.82) is 0 Å². The number of hydrogen-bond donors (Lipinski definition) is 2. The van der Waals surface area contributed by atoms with Crippen LogP contribution in [0.2, 0.25) is 5.15 Å². The minimum Gasteiger partial charge on any atom is -0.319 e. The third-order valence-corrected chi connectivity index (χ3v) is 3.38. The molecule has 0 saturated carbocycles. The number of hydrogen-bond acceptors (Lipinski definition) is 3. The van der Waals surface area contributed by atoms with Gasteiger partial charge in [-0.2, -0.15) is 5.10 Å². The van der Waals surface area contributed by atoms with Gasteiger partial charge in [-0.25, -0.2) is 4.98 Å². The maximum absolute atomic E-state index is 12.4. The second-order valence-electron chi connectivity index (χ2n) is 6.08. The van der Waals surface area contributed by atoms with Gasteiger partial charge in [-0.1, -0.05) is 32.4 Å². The van der Waals surface area contributed by atoms with Crippen LogP contribution in [0.5, 0.6) is 0 Å². The maximum Gasteiger partial charge on any atom is 0.255 e. The summed E-state index contributed by atoms with van der Waals surface area (Å²) in [7, 11) is 0. The van der Waals surface area contributed by atoms with Crippen molar-refractivity contribution in [3.8, 4) is 0 Å². The summed E-state index contributed by atoms with van der Waals surface area (Å²) < 4.78 is 0. The summed E-state index contributed by atoms with van der Waals surface area (Å²) in [5, 5.41) is 10.1. The molecule has 0 spiro atoms. The van der Waals surface area contributed by atoms with Crippen LogP contribution in [-0.4, -0.2) is 21.1 Å². The fraction of sp³-hybridized carbons (Fsp3) is 0.400. The lowest BCUT2D eigenvalue weighted by atomic mass is 9.91. The molecule has 0 radical (unpaired) electrons. The molecule has 6 heteroatoms. The van der Waals surface area contributed by atoms with Gasteiger partial charge in [0.25, 0.3) is 5.91 Å². The van der Waals surface area contributed by atoms with Crippen LogP contribution in [0.15, 0.2) is 12.1 Å². The van der Waals surface area contributed by atoms with Crippen LogP contribution < -0.4 is 5.32 Å². The monoisotopic (exact) mass is 306 g/mol. The molecule has 0 aliphatic rings. The summed E-state index contributed by atoms with van der Waals surface area (Å²) in [6.07, 6.45) is 0. The second-order valence-corrected chi connectivity index (χ2v) is 6.46. The number of nitrogens with one attached hydrogen (secondary N) is 2. The Morgan fingerprint density at radius 3 is 2.48 bits per heavy atom. The molecule has 112 valence electrons. The molecule has 2 N–H and O–H groups in total. The Labute approximate surface area is 129 Å². The SMILES string of the molecule is Cc1n[nH]c(C)c1NC(=O)c1cc(Cl)nc(C(C)(C)C)c1. The fourth-order valence-electron chi connectivity index (χ4n) is 1.93. The number of carbonyl (C=O) groups is 1. The standard InChI is InChI=1S/C15H19ClN4O/c1-8-13(9(2)20-19-8)18-14(21)10-6-11(15(3,4)5)17-12(16)7-10/h6-7H,1-5H3,(H,18,21)(H,19,20). The van der Waals surface area contributed by atoms with Crippen LogP contribution in [0.4, 0.5) is 5.69 Å². The number of amides is 1. The first-order chi connectivity index (χ1) is 9.68. The molecule has 0 bridgehead atoms. The highest BCUT2D eigenvalue weighted by Gasteiger charge is 2.20. The lowest BCUT2D eigenvalue weighted by Crippen LogP contribution is -2.18. The summed E-state index contributed by atoms with van der Waals surface area (Å²) in [6.45, 7) is 9.77. The minimum atomic E-state index is -0.225. The van der Waals surface area contributed by atoms with Gasteiger partial charge in [0.05, 0.1) is 17.1 Å².